The number of carboxylic acids is 1. The average Bonchev–Trinajstić information content (AvgIpc) is 3.18. The van der Waals surface area contributed by atoms with Gasteiger partial charge in [-0.05, 0) is 24.6 Å². The van der Waals surface area contributed by atoms with Gasteiger partial charge in [-0.3, -0.25) is 5.32 Å². The van der Waals surface area contributed by atoms with Gasteiger partial charge in [-0.2, -0.15) is 9.97 Å². The number of nitrogens with zero attached hydrogens (tertiary/aromatic N) is 4. The highest BCUT2D eigenvalue weighted by Gasteiger charge is 2.18. The maximum atomic E-state index is 11.7. The Morgan fingerprint density at radius 1 is 1.18 bits per heavy atom. The molecule has 4 N–H and O–H groups in total. The summed E-state index contributed by atoms with van der Waals surface area (Å²) in [6, 6.07) is 8.53. The zero-order chi connectivity index (χ0) is 24.3. The summed E-state index contributed by atoms with van der Waals surface area (Å²) in [5.74, 6) is 0.588. The van der Waals surface area contributed by atoms with Crippen LogP contribution in [0, 0.1) is 6.92 Å². The summed E-state index contributed by atoms with van der Waals surface area (Å²) in [6.07, 6.45) is 1.18. The summed E-state index contributed by atoms with van der Waals surface area (Å²) in [6.45, 7) is 5.35. The Labute approximate surface area is 201 Å². The number of aromatic carboxylic acids is 1. The molecule has 11 nitrogen and oxygen atoms in total. The van der Waals surface area contributed by atoms with Gasteiger partial charge in [0.05, 0.1) is 10.6 Å². The Balaban J connectivity index is 1.57. The molecule has 1 aliphatic heterocycles. The summed E-state index contributed by atoms with van der Waals surface area (Å²) in [5.41, 5.74) is 1.32. The summed E-state index contributed by atoms with van der Waals surface area (Å²) in [7, 11) is -3.25. The molecule has 0 aliphatic carbocycles. The fraction of sp³-hybridized carbons (Fsp3) is 0.333. The topological polar surface area (TPSA) is 149 Å². The number of benzene rings is 1. The predicted molar refractivity (Wildman–Crippen MR) is 131 cm³/mol. The van der Waals surface area contributed by atoms with Gasteiger partial charge in [0.2, 0.25) is 5.95 Å². The van der Waals surface area contributed by atoms with Crippen LogP contribution in [0.15, 0.2) is 35.2 Å². The van der Waals surface area contributed by atoms with Crippen molar-refractivity contribution in [1.29, 1.82) is 0 Å². The third-order valence-electron chi connectivity index (χ3n) is 5.19. The van der Waals surface area contributed by atoms with Crippen molar-refractivity contribution in [1.82, 2.24) is 20.3 Å². The second-order valence-electron chi connectivity index (χ2n) is 7.81. The Hall–Kier alpha value is -3.29. The number of piperazine rings is 1. The summed E-state index contributed by atoms with van der Waals surface area (Å²) in [5, 5.41) is 19.3. The van der Waals surface area contributed by atoms with Crippen LogP contribution in [0.1, 0.15) is 20.9 Å². The molecular formula is C21H25N7O4S2. The number of sulfone groups is 1. The largest absolute Gasteiger partial charge is 0.477 e. The van der Waals surface area contributed by atoms with Gasteiger partial charge >= 0.3 is 5.97 Å². The van der Waals surface area contributed by atoms with Gasteiger partial charge < -0.3 is 20.6 Å². The summed E-state index contributed by atoms with van der Waals surface area (Å²) >= 11 is 1.03. The minimum absolute atomic E-state index is 0.164. The smallest absolute Gasteiger partial charge is 0.347 e. The Kier molecular flexibility index (Phi) is 6.95. The molecule has 180 valence electrons. The maximum absolute atomic E-state index is 11.7. The van der Waals surface area contributed by atoms with Gasteiger partial charge in [-0.25, -0.2) is 18.2 Å². The van der Waals surface area contributed by atoms with Gasteiger partial charge in [0.25, 0.3) is 0 Å². The van der Waals surface area contributed by atoms with Gasteiger partial charge in [0.1, 0.15) is 16.5 Å². The molecule has 2 aromatic heterocycles. The van der Waals surface area contributed by atoms with Gasteiger partial charge in [0, 0.05) is 45.0 Å². The highest BCUT2D eigenvalue weighted by Crippen LogP contribution is 2.27. The fourth-order valence-electron chi connectivity index (χ4n) is 3.43. The molecule has 0 atom stereocenters. The third-order valence-corrected chi connectivity index (χ3v) is 7.38. The van der Waals surface area contributed by atoms with Crippen LogP contribution in [-0.2, 0) is 16.4 Å². The third kappa shape index (κ3) is 5.79. The molecule has 3 aromatic rings. The lowest BCUT2D eigenvalue weighted by Gasteiger charge is -2.28. The average molecular weight is 504 g/mol. The second-order valence-corrected chi connectivity index (χ2v) is 10.8. The maximum Gasteiger partial charge on any atom is 0.347 e. The van der Waals surface area contributed by atoms with Crippen molar-refractivity contribution in [2.45, 2.75) is 18.4 Å². The molecule has 3 heterocycles. The van der Waals surface area contributed by atoms with Gasteiger partial charge in [-0.15, -0.1) is 0 Å². The number of nitrogens with one attached hydrogen (secondary N) is 3. The number of aryl methyl sites for hydroxylation is 1. The number of carbonyl (C=O) groups is 1. The molecule has 0 unspecified atom stereocenters. The fourth-order valence-corrected chi connectivity index (χ4v) is 4.86. The van der Waals surface area contributed by atoms with E-state index < -0.39 is 15.8 Å². The predicted octanol–water partition coefficient (Wildman–Crippen LogP) is 2.11. The molecule has 4 rings (SSSR count). The van der Waals surface area contributed by atoms with E-state index in [4.69, 9.17) is 0 Å². The van der Waals surface area contributed by atoms with Crippen LogP contribution in [-0.4, -0.2) is 66.9 Å². The van der Waals surface area contributed by atoms with Crippen LogP contribution in [0.5, 0.6) is 0 Å². The van der Waals surface area contributed by atoms with Crippen molar-refractivity contribution >= 4 is 49.9 Å². The van der Waals surface area contributed by atoms with Crippen LogP contribution in [0.25, 0.3) is 0 Å². The first kappa shape index (κ1) is 23.9. The van der Waals surface area contributed by atoms with E-state index in [2.05, 4.69) is 35.8 Å². The van der Waals surface area contributed by atoms with Crippen LogP contribution in [0.4, 0.5) is 22.7 Å². The lowest BCUT2D eigenvalue weighted by molar-refractivity contribution is 0.0701. The first-order chi connectivity index (χ1) is 16.2. The standard InChI is InChI=1S/C21H25N7O4S2/c1-13-18(19(29)30)33-21(24-13)27-20-25-16(11-17(26-20)28-9-7-22-8-10-28)23-12-14-3-5-15(6-4-14)34(2,31)32/h3-6,11,22H,7-10,12H2,1-2H3,(H,29,30)(H2,23,24,25,26,27). The zero-order valence-electron chi connectivity index (χ0n) is 18.7. The molecule has 1 aliphatic rings. The van der Waals surface area contributed by atoms with Crippen LogP contribution < -0.4 is 20.9 Å². The first-order valence-electron chi connectivity index (χ1n) is 10.5. The van der Waals surface area contributed by atoms with E-state index >= 15 is 0 Å². The molecule has 1 aromatic carbocycles. The lowest BCUT2D eigenvalue weighted by atomic mass is 10.2. The molecule has 0 spiro atoms. The number of aromatic nitrogens is 3. The molecule has 1 fully saturated rings. The normalized spacial score (nSPS) is 14.1. The Morgan fingerprint density at radius 3 is 2.50 bits per heavy atom. The first-order valence-corrected chi connectivity index (χ1v) is 13.3. The van der Waals surface area contributed by atoms with E-state index in [1.165, 1.54) is 6.26 Å². The van der Waals surface area contributed by atoms with Crippen molar-refractivity contribution in [2.24, 2.45) is 0 Å². The molecule has 1 saturated heterocycles. The van der Waals surface area contributed by atoms with Crippen LogP contribution in [0.3, 0.4) is 0 Å². The minimum Gasteiger partial charge on any atom is -0.477 e. The molecule has 34 heavy (non-hydrogen) atoms. The van der Waals surface area contributed by atoms with Gasteiger partial charge in [0.15, 0.2) is 15.0 Å². The summed E-state index contributed by atoms with van der Waals surface area (Å²) in [4.78, 5) is 27.3. The van der Waals surface area contributed by atoms with Crippen molar-refractivity contribution in [3.8, 4) is 0 Å². The van der Waals surface area contributed by atoms with E-state index in [0.29, 0.717) is 29.1 Å². The van der Waals surface area contributed by atoms with E-state index in [0.717, 1.165) is 48.9 Å². The number of anilines is 4. The van der Waals surface area contributed by atoms with E-state index in [1.54, 1.807) is 31.2 Å². The molecule has 13 heteroatoms. The number of hydrogen-bond donors (Lipinski definition) is 4. The molecule has 0 amide bonds. The number of hydrogen-bond acceptors (Lipinski definition) is 11. The minimum atomic E-state index is -3.25. The summed E-state index contributed by atoms with van der Waals surface area (Å²) < 4.78 is 23.3. The zero-order valence-corrected chi connectivity index (χ0v) is 20.3. The van der Waals surface area contributed by atoms with E-state index in [1.807, 2.05) is 6.07 Å². The molecule has 0 saturated carbocycles. The molecular weight excluding hydrogens is 478 g/mol. The number of rotatable bonds is 8. The quantitative estimate of drug-likeness (QED) is 0.358. The van der Waals surface area contributed by atoms with Crippen molar-refractivity contribution in [3.05, 3.63) is 46.5 Å². The van der Waals surface area contributed by atoms with E-state index in [9.17, 15) is 18.3 Å². The van der Waals surface area contributed by atoms with Crippen molar-refractivity contribution < 1.29 is 18.3 Å². The molecule has 0 radical (unpaired) electrons. The Bertz CT molecular complexity index is 1290. The number of thiazole rings is 1. The second kappa shape index (κ2) is 9.91. The lowest BCUT2D eigenvalue weighted by Crippen LogP contribution is -2.44. The highest BCUT2D eigenvalue weighted by molar-refractivity contribution is 7.90. The van der Waals surface area contributed by atoms with Crippen LogP contribution in [0.2, 0.25) is 0 Å². The van der Waals surface area contributed by atoms with Gasteiger partial charge in [-0.1, -0.05) is 23.5 Å². The SMILES string of the molecule is Cc1nc(Nc2nc(NCc3ccc(S(C)(=O)=O)cc3)cc(N3CCNCC3)n2)sc1C(=O)O. The monoisotopic (exact) mass is 503 g/mol. The molecule has 0 bridgehead atoms. The Morgan fingerprint density at radius 2 is 1.88 bits per heavy atom. The highest BCUT2D eigenvalue weighted by atomic mass is 32.2. The van der Waals surface area contributed by atoms with Crippen molar-refractivity contribution in [2.75, 3.05) is 48.0 Å². The van der Waals surface area contributed by atoms with Crippen LogP contribution >= 0.6 is 11.3 Å². The van der Waals surface area contributed by atoms with Crippen molar-refractivity contribution in [3.63, 3.8) is 0 Å². The van der Waals surface area contributed by atoms with E-state index in [-0.39, 0.29) is 9.77 Å². The number of carboxylic acid groups (broad SMARTS) is 1.